The molecule has 0 saturated heterocycles. The lowest BCUT2D eigenvalue weighted by Gasteiger charge is -2.29. The first-order chi connectivity index (χ1) is 13.4. The molecule has 0 amide bonds. The van der Waals surface area contributed by atoms with Crippen LogP contribution in [0.15, 0.2) is 11.0 Å². The quantitative estimate of drug-likeness (QED) is 0.248. The van der Waals surface area contributed by atoms with Crippen LogP contribution in [-0.4, -0.2) is 100.0 Å². The number of hydrogen-bond acceptors (Lipinski definition) is 8. The zero-order chi connectivity index (χ0) is 21.5. The van der Waals surface area contributed by atoms with Crippen LogP contribution in [0.4, 0.5) is 0 Å². The summed E-state index contributed by atoms with van der Waals surface area (Å²) in [5, 5.41) is 3.50. The summed E-state index contributed by atoms with van der Waals surface area (Å²) in [5.41, 5.74) is 0. The topological polar surface area (TPSA) is 70.7 Å². The van der Waals surface area contributed by atoms with Gasteiger partial charge in [-0.1, -0.05) is 0 Å². The molecule has 28 heavy (non-hydrogen) atoms. The zero-order valence-electron chi connectivity index (χ0n) is 18.9. The lowest BCUT2D eigenvalue weighted by atomic mass is 10.5. The van der Waals surface area contributed by atoms with Crippen LogP contribution in [0.25, 0.3) is 0 Å². The van der Waals surface area contributed by atoms with Gasteiger partial charge in [0.15, 0.2) is 0 Å². The standard InChI is InChI=1S/C17H40N2O6Si3/c1-9-23-27(24-10-2,25-11-3)14-12-13-18-16-26-17(15-19(4)5)28(20-6,21-7)22-8/h15,18H,9-14,16H2,1-8H3. The van der Waals surface area contributed by atoms with Crippen LogP contribution in [0.5, 0.6) is 0 Å². The normalized spacial score (nSPS) is 13.2. The summed E-state index contributed by atoms with van der Waals surface area (Å²) in [5.74, 6) is 0. The predicted octanol–water partition coefficient (Wildman–Crippen LogP) is 1.50. The second-order valence-electron chi connectivity index (χ2n) is 6.11. The number of hydrogen-bond donors (Lipinski definition) is 1. The Hall–Kier alpha value is -0.0894. The average Bonchev–Trinajstić information content (AvgIpc) is 2.66. The van der Waals surface area contributed by atoms with Gasteiger partial charge in [0, 0.05) is 66.1 Å². The Bertz CT molecular complexity index is 400. The monoisotopic (exact) mass is 452 g/mol. The van der Waals surface area contributed by atoms with E-state index in [1.54, 1.807) is 21.3 Å². The summed E-state index contributed by atoms with van der Waals surface area (Å²) >= 11 is 0. The van der Waals surface area contributed by atoms with E-state index in [1.807, 2.05) is 46.0 Å². The summed E-state index contributed by atoms with van der Waals surface area (Å²) in [4.78, 5) is 3.06. The summed E-state index contributed by atoms with van der Waals surface area (Å²) in [7, 11) is 4.03. The second-order valence-corrected chi connectivity index (χ2v) is 13.5. The van der Waals surface area contributed by atoms with Gasteiger partial charge >= 0.3 is 17.6 Å². The fraction of sp³-hybridized carbons (Fsp3) is 0.882. The Morgan fingerprint density at radius 2 is 1.43 bits per heavy atom. The van der Waals surface area contributed by atoms with E-state index in [1.165, 1.54) is 0 Å². The molecule has 0 rings (SSSR count). The molecule has 0 bridgehead atoms. The van der Waals surface area contributed by atoms with E-state index < -0.39 is 17.6 Å². The first-order valence-electron chi connectivity index (χ1n) is 9.79. The fourth-order valence-corrected chi connectivity index (χ4v) is 9.83. The summed E-state index contributed by atoms with van der Waals surface area (Å²) in [6.07, 6.45) is 3.81. The van der Waals surface area contributed by atoms with Crippen molar-refractivity contribution in [2.45, 2.75) is 33.2 Å². The van der Waals surface area contributed by atoms with Crippen molar-refractivity contribution in [3.63, 3.8) is 0 Å². The molecule has 0 aromatic heterocycles. The minimum Gasteiger partial charge on any atom is -0.384 e. The van der Waals surface area contributed by atoms with Gasteiger partial charge in [0.05, 0.1) is 9.52 Å². The van der Waals surface area contributed by atoms with Gasteiger partial charge in [0.2, 0.25) is 0 Å². The Labute approximate surface area is 176 Å². The molecule has 0 spiro atoms. The zero-order valence-corrected chi connectivity index (χ0v) is 21.9. The molecular weight excluding hydrogens is 412 g/mol. The van der Waals surface area contributed by atoms with Gasteiger partial charge in [-0.3, -0.25) is 0 Å². The highest BCUT2D eigenvalue weighted by molar-refractivity contribution is 6.83. The Morgan fingerprint density at radius 1 is 0.929 bits per heavy atom. The van der Waals surface area contributed by atoms with E-state index in [4.69, 9.17) is 26.6 Å². The molecule has 0 aliphatic heterocycles. The molecule has 0 aliphatic carbocycles. The maximum atomic E-state index is 5.90. The third kappa shape index (κ3) is 9.61. The largest absolute Gasteiger partial charge is 0.529 e. The van der Waals surface area contributed by atoms with Gasteiger partial charge in [-0.05, 0) is 46.1 Å². The summed E-state index contributed by atoms with van der Waals surface area (Å²) < 4.78 is 34.6. The van der Waals surface area contributed by atoms with Crippen LogP contribution in [0.2, 0.25) is 6.04 Å². The van der Waals surface area contributed by atoms with Gasteiger partial charge in [0.1, 0.15) is 0 Å². The SMILES string of the molecule is CCO[Si](CCCNC[Si]C(=CN(C)C)[Si](OC)(OC)OC)(OCC)OCC. The van der Waals surface area contributed by atoms with Crippen molar-refractivity contribution >= 4 is 27.1 Å². The molecule has 0 unspecified atom stereocenters. The maximum Gasteiger partial charge on any atom is 0.529 e. The molecule has 0 fully saturated rings. The van der Waals surface area contributed by atoms with Crippen molar-refractivity contribution in [2.75, 3.05) is 68.0 Å². The van der Waals surface area contributed by atoms with E-state index >= 15 is 0 Å². The van der Waals surface area contributed by atoms with E-state index in [9.17, 15) is 0 Å². The van der Waals surface area contributed by atoms with Crippen LogP contribution in [-0.2, 0) is 26.6 Å². The number of nitrogens with zero attached hydrogens (tertiary/aromatic N) is 1. The van der Waals surface area contributed by atoms with Gasteiger partial charge in [-0.15, -0.1) is 0 Å². The molecular formula is C17H40N2O6Si3. The Kier molecular flexibility index (Phi) is 15.7. The first kappa shape index (κ1) is 27.9. The minimum atomic E-state index is -2.80. The first-order valence-corrected chi connectivity index (χ1v) is 14.7. The minimum absolute atomic E-state index is 0.500. The summed E-state index contributed by atoms with van der Waals surface area (Å²) in [6.45, 7) is 8.64. The molecule has 0 aromatic carbocycles. The molecule has 0 saturated carbocycles. The van der Waals surface area contributed by atoms with Gasteiger partial charge in [0.25, 0.3) is 0 Å². The molecule has 0 aromatic rings. The lowest BCUT2D eigenvalue weighted by molar-refractivity contribution is 0.0708. The third-order valence-electron chi connectivity index (χ3n) is 3.86. The van der Waals surface area contributed by atoms with Crippen molar-refractivity contribution in [1.29, 1.82) is 0 Å². The van der Waals surface area contributed by atoms with E-state index in [0.29, 0.717) is 29.3 Å². The number of rotatable bonds is 18. The van der Waals surface area contributed by atoms with E-state index in [0.717, 1.165) is 30.0 Å². The Balaban J connectivity index is 4.64. The smallest absolute Gasteiger partial charge is 0.384 e. The highest BCUT2D eigenvalue weighted by Crippen LogP contribution is 2.18. The van der Waals surface area contributed by atoms with Crippen molar-refractivity contribution in [2.24, 2.45) is 0 Å². The average molecular weight is 453 g/mol. The maximum absolute atomic E-state index is 5.90. The molecule has 11 heteroatoms. The van der Waals surface area contributed by atoms with Crippen molar-refractivity contribution in [3.8, 4) is 0 Å². The van der Waals surface area contributed by atoms with E-state index in [-0.39, 0.29) is 0 Å². The van der Waals surface area contributed by atoms with Crippen LogP contribution in [0.3, 0.4) is 0 Å². The van der Waals surface area contributed by atoms with Gasteiger partial charge < -0.3 is 36.8 Å². The molecule has 166 valence electrons. The van der Waals surface area contributed by atoms with Crippen LogP contribution < -0.4 is 5.32 Å². The second kappa shape index (κ2) is 15.7. The van der Waals surface area contributed by atoms with Gasteiger partial charge in [-0.25, -0.2) is 0 Å². The van der Waals surface area contributed by atoms with Crippen LogP contribution >= 0.6 is 0 Å². The Morgan fingerprint density at radius 3 is 1.82 bits per heavy atom. The number of nitrogens with one attached hydrogen (secondary N) is 1. The predicted molar refractivity (Wildman–Crippen MR) is 117 cm³/mol. The van der Waals surface area contributed by atoms with Crippen LogP contribution in [0, 0.1) is 0 Å². The van der Waals surface area contributed by atoms with Crippen molar-refractivity contribution < 1.29 is 26.6 Å². The lowest BCUT2D eigenvalue weighted by Crippen LogP contribution is -2.49. The fourth-order valence-electron chi connectivity index (χ4n) is 2.75. The highest BCUT2D eigenvalue weighted by atomic mass is 28.4. The molecule has 2 radical (unpaired) electrons. The van der Waals surface area contributed by atoms with Gasteiger partial charge in [-0.2, -0.15) is 0 Å². The van der Waals surface area contributed by atoms with Crippen molar-refractivity contribution in [1.82, 2.24) is 10.2 Å². The van der Waals surface area contributed by atoms with Crippen molar-refractivity contribution in [3.05, 3.63) is 11.0 Å². The molecule has 0 atom stereocenters. The van der Waals surface area contributed by atoms with Crippen LogP contribution in [0.1, 0.15) is 27.2 Å². The molecule has 8 nitrogen and oxygen atoms in total. The third-order valence-corrected chi connectivity index (χ3v) is 11.8. The highest BCUT2D eigenvalue weighted by Gasteiger charge is 2.43. The summed E-state index contributed by atoms with van der Waals surface area (Å²) in [6, 6.07) is 0.811. The molecule has 1 N–H and O–H groups in total. The van der Waals surface area contributed by atoms with E-state index in [2.05, 4.69) is 5.32 Å². The molecule has 0 heterocycles. The molecule has 0 aliphatic rings.